The van der Waals surface area contributed by atoms with Gasteiger partial charge in [-0.2, -0.15) is 19.6 Å². The average Bonchev–Trinajstić information content (AvgIpc) is 3.29. The van der Waals surface area contributed by atoms with Crippen molar-refractivity contribution in [1.29, 1.82) is 0 Å². The van der Waals surface area contributed by atoms with Crippen molar-refractivity contribution in [3.05, 3.63) is 158 Å². The molecule has 0 aliphatic rings. The van der Waals surface area contributed by atoms with Crippen molar-refractivity contribution in [1.82, 2.24) is 0 Å². The Labute approximate surface area is 531 Å². The van der Waals surface area contributed by atoms with Gasteiger partial charge in [-0.15, -0.1) is 0 Å². The number of hydrogen-bond donors (Lipinski definition) is 0. The van der Waals surface area contributed by atoms with Gasteiger partial charge in [0.15, 0.2) is 0 Å². The molecule has 412 valence electrons. The Kier molecular flexibility index (Phi) is 38.8. The summed E-state index contributed by atoms with van der Waals surface area (Å²) in [6.45, 7) is 11.7. The minimum atomic E-state index is -0.0417. The second-order valence-electron chi connectivity index (χ2n) is 18.9. The standard InChI is InChI=1S/4C12H13NS.2C6H9.6Cu/c4*1-13(2)10-7-3-5-9-6-4-8-11(14)12(9)10;2*1-5-6(2,3)4;;;;;;/h4*3-8,14H,1-2H3;2*2-4H3;;;;;;/q;;;;2*-1;2*+1;4*+2/p-4. The molecule has 8 rings (SSSR count). The van der Waals surface area contributed by atoms with Crippen molar-refractivity contribution in [3.63, 3.8) is 0 Å². The van der Waals surface area contributed by atoms with E-state index in [1.165, 1.54) is 65.8 Å². The van der Waals surface area contributed by atoms with Crippen molar-refractivity contribution >= 4 is 116 Å². The van der Waals surface area contributed by atoms with Gasteiger partial charge in [-0.1, -0.05) is 163 Å². The Morgan fingerprint density at radius 2 is 0.446 bits per heavy atom. The van der Waals surface area contributed by atoms with Crippen LogP contribution in [0.25, 0.3) is 43.1 Å². The molecule has 0 bridgehead atoms. The summed E-state index contributed by atoms with van der Waals surface area (Å²) in [6.07, 6.45) is 13.2. The summed E-state index contributed by atoms with van der Waals surface area (Å²) in [4.78, 5) is 12.1. The summed E-state index contributed by atoms with van der Waals surface area (Å²) in [5, 5.41) is 9.55. The zero-order chi connectivity index (χ0) is 50.9. The van der Waals surface area contributed by atoms with Crippen LogP contribution in [-0.2, 0) is 153 Å². The maximum atomic E-state index is 6.60. The number of benzene rings is 8. The third-order valence-electron chi connectivity index (χ3n) is 10.1. The van der Waals surface area contributed by atoms with Crippen molar-refractivity contribution < 1.29 is 102 Å². The number of hydrogen-bond acceptors (Lipinski definition) is 8. The van der Waals surface area contributed by atoms with E-state index >= 15 is 0 Å². The normalized spacial score (nSPS) is 9.57. The number of rotatable bonds is 4. The topological polar surface area (TPSA) is 13.0 Å². The minimum absolute atomic E-state index is 0. The summed E-state index contributed by atoms with van der Waals surface area (Å²) in [5.74, 6) is 4.71. The van der Waals surface area contributed by atoms with Crippen LogP contribution in [0.1, 0.15) is 41.5 Å². The van der Waals surface area contributed by atoms with E-state index < -0.39 is 0 Å². The first kappa shape index (κ1) is 77.6. The molecule has 0 saturated heterocycles. The van der Waals surface area contributed by atoms with E-state index in [1.807, 2.05) is 146 Å². The molecule has 4 nitrogen and oxygen atoms in total. The maximum Gasteiger partial charge on any atom is 2.00 e. The van der Waals surface area contributed by atoms with E-state index in [1.54, 1.807) is 0 Å². The van der Waals surface area contributed by atoms with E-state index in [0.29, 0.717) is 0 Å². The molecule has 0 aliphatic heterocycles. The van der Waals surface area contributed by atoms with Gasteiger partial charge >= 0.3 is 102 Å². The fraction of sp³-hybridized carbons (Fsp3) is 0.267. The molecule has 0 unspecified atom stereocenters. The number of anilines is 4. The third kappa shape index (κ3) is 24.2. The van der Waals surface area contributed by atoms with Crippen LogP contribution in [0.15, 0.2) is 165 Å². The SMILES string of the molecule is CN(C)c1cccc2cccc([S-])c12.CN(C)c1cccc2cccc([S-])c12.CN(C)c1cccc2cccc([S-])c12.CN(C)c1cccc2cccc([S-])c12.[C-]#CC(C)(C)C.[C-]#CC(C)(C)C.[Cu+2].[Cu+2].[Cu+2].[Cu+2].[Cu+].[Cu+]. The molecule has 8 aromatic carbocycles. The Balaban J connectivity index is -0.000000401. The van der Waals surface area contributed by atoms with Gasteiger partial charge in [0.2, 0.25) is 0 Å². The number of nitrogens with zero attached hydrogens (tertiary/aromatic N) is 4. The molecule has 0 amide bonds. The summed E-state index contributed by atoms with van der Waals surface area (Å²) in [6, 6.07) is 49.3. The average molecular weight is 1350 g/mol. The van der Waals surface area contributed by atoms with E-state index in [4.69, 9.17) is 63.4 Å². The molecular weight excluding hydrogens is 1290 g/mol. The molecule has 8 aromatic rings. The van der Waals surface area contributed by atoms with Crippen LogP contribution in [0.3, 0.4) is 0 Å². The summed E-state index contributed by atoms with van der Waals surface area (Å²) in [5.41, 5.74) is 4.67. The fourth-order valence-electron chi connectivity index (χ4n) is 6.64. The van der Waals surface area contributed by atoms with Crippen molar-refractivity contribution in [2.24, 2.45) is 10.8 Å². The van der Waals surface area contributed by atoms with Crippen LogP contribution in [0, 0.1) is 35.5 Å². The van der Waals surface area contributed by atoms with E-state index in [9.17, 15) is 0 Å². The molecule has 14 heteroatoms. The smallest absolute Gasteiger partial charge is 0.779 e. The van der Waals surface area contributed by atoms with Gasteiger partial charge in [0.25, 0.3) is 0 Å². The van der Waals surface area contributed by atoms with Gasteiger partial charge in [-0.05, 0) is 78.2 Å². The largest absolute Gasteiger partial charge is 2.00 e. The van der Waals surface area contributed by atoms with E-state index in [-0.39, 0.29) is 113 Å². The quantitative estimate of drug-likeness (QED) is 0.0739. The van der Waals surface area contributed by atoms with Gasteiger partial charge in [0, 0.05) is 79.1 Å². The van der Waals surface area contributed by atoms with Gasteiger partial charge in [0.1, 0.15) is 0 Å². The van der Waals surface area contributed by atoms with Crippen LogP contribution in [0.2, 0.25) is 0 Å². The molecule has 0 spiro atoms. The van der Waals surface area contributed by atoms with Gasteiger partial charge in [-0.3, -0.25) is 0 Å². The first-order valence-corrected chi connectivity index (χ1v) is 23.9. The molecule has 74 heavy (non-hydrogen) atoms. The first-order chi connectivity index (χ1) is 31.9. The van der Waals surface area contributed by atoms with Crippen LogP contribution in [0.4, 0.5) is 22.7 Å². The van der Waals surface area contributed by atoms with E-state index in [2.05, 4.69) is 129 Å². The Morgan fingerprint density at radius 1 is 0.311 bits per heavy atom. The summed E-state index contributed by atoms with van der Waals surface area (Å²) in [7, 11) is 16.3. The molecule has 0 fully saturated rings. The molecule has 4 radical (unpaired) electrons. The molecule has 0 N–H and O–H groups in total. The molecule has 0 saturated carbocycles. The Morgan fingerprint density at radius 3 is 0.568 bits per heavy atom. The van der Waals surface area contributed by atoms with Crippen molar-refractivity contribution in [2.75, 3.05) is 76.0 Å². The van der Waals surface area contributed by atoms with Crippen molar-refractivity contribution in [2.45, 2.75) is 61.1 Å². The Bertz CT molecular complexity index is 2590. The van der Waals surface area contributed by atoms with Gasteiger partial charge in [-0.25, -0.2) is 0 Å². The second kappa shape index (κ2) is 37.0. The predicted molar refractivity (Wildman–Crippen MR) is 309 cm³/mol. The monoisotopic (exact) mass is 1350 g/mol. The minimum Gasteiger partial charge on any atom is -0.779 e. The third-order valence-corrected chi connectivity index (χ3v) is 11.4. The van der Waals surface area contributed by atoms with E-state index in [0.717, 1.165) is 19.6 Å². The molecule has 0 aliphatic carbocycles. The first-order valence-electron chi connectivity index (χ1n) is 22.2. The van der Waals surface area contributed by atoms with Crippen LogP contribution in [-0.4, -0.2) is 56.4 Å². The van der Waals surface area contributed by atoms with Gasteiger partial charge in [0.05, 0.1) is 0 Å². The van der Waals surface area contributed by atoms with Gasteiger partial charge < -0.3 is 94.8 Å². The fourth-order valence-corrected chi connectivity index (χ4v) is 7.84. The van der Waals surface area contributed by atoms with Crippen molar-refractivity contribution in [3.8, 4) is 11.8 Å². The summed E-state index contributed by atoms with van der Waals surface area (Å²) >= 11 is 21.3. The number of fused-ring (bicyclic) bond motifs is 4. The Hall–Kier alpha value is -2.88. The maximum absolute atomic E-state index is 6.60. The zero-order valence-electron chi connectivity index (χ0n) is 44.1. The van der Waals surface area contributed by atoms with Crippen LogP contribution < -0.4 is 19.6 Å². The molecule has 0 aromatic heterocycles. The van der Waals surface area contributed by atoms with Crippen LogP contribution in [0.5, 0.6) is 0 Å². The molecular formula is C60H66Cu6N4S4+4. The van der Waals surface area contributed by atoms with Crippen LogP contribution >= 0.6 is 0 Å². The predicted octanol–water partition coefficient (Wildman–Crippen LogP) is 14.5. The summed E-state index contributed by atoms with van der Waals surface area (Å²) < 4.78 is 0. The zero-order valence-corrected chi connectivity index (χ0v) is 53.0. The molecule has 0 heterocycles. The molecule has 0 atom stereocenters. The second-order valence-corrected chi connectivity index (χ2v) is 20.6.